The van der Waals surface area contributed by atoms with E-state index in [1.54, 1.807) is 13.3 Å². The number of ether oxygens (including phenoxy) is 1. The van der Waals surface area contributed by atoms with Crippen molar-refractivity contribution in [1.29, 1.82) is 0 Å². The quantitative estimate of drug-likeness (QED) is 0.461. The minimum absolute atomic E-state index is 0.0987. The number of aromatic amines is 1. The highest BCUT2D eigenvalue weighted by molar-refractivity contribution is 7.80. The number of benzene rings is 1. The minimum atomic E-state index is -0.0987. The number of nitrogens with one attached hydrogen (secondary N) is 2. The van der Waals surface area contributed by atoms with Gasteiger partial charge in [-0.3, -0.25) is 9.78 Å². The van der Waals surface area contributed by atoms with Crippen molar-refractivity contribution in [2.24, 2.45) is 0 Å². The number of fused-ring (bicyclic) bond motifs is 1. The molecule has 2 heterocycles. The highest BCUT2D eigenvalue weighted by Crippen LogP contribution is 2.19. The van der Waals surface area contributed by atoms with Crippen LogP contribution in [0.25, 0.3) is 10.9 Å². The summed E-state index contributed by atoms with van der Waals surface area (Å²) in [4.78, 5) is 21.9. The number of nitrogens with zero attached hydrogens (tertiary/aromatic N) is 2. The summed E-state index contributed by atoms with van der Waals surface area (Å²) in [6.45, 7) is 6.19. The van der Waals surface area contributed by atoms with Gasteiger partial charge in [-0.05, 0) is 61.0 Å². The van der Waals surface area contributed by atoms with Crippen molar-refractivity contribution in [2.45, 2.75) is 26.9 Å². The molecular formula is C22H26N4O2S. The molecule has 7 heteroatoms. The normalized spacial score (nSPS) is 10.9. The van der Waals surface area contributed by atoms with Gasteiger partial charge in [0.25, 0.3) is 5.56 Å². The molecule has 0 fully saturated rings. The van der Waals surface area contributed by atoms with Crippen LogP contribution in [0.1, 0.15) is 22.3 Å². The SMILES string of the molecule is COCCNC(=S)N(Cc1cccnc1)Cc1cc2c(C)cc(C)cc2[nH]c1=O. The fourth-order valence-electron chi connectivity index (χ4n) is 3.32. The van der Waals surface area contributed by atoms with Gasteiger partial charge in [0.2, 0.25) is 0 Å². The molecule has 152 valence electrons. The van der Waals surface area contributed by atoms with E-state index < -0.39 is 0 Å². The van der Waals surface area contributed by atoms with Crippen LogP contribution in [0.3, 0.4) is 0 Å². The van der Waals surface area contributed by atoms with E-state index in [2.05, 4.69) is 28.3 Å². The summed E-state index contributed by atoms with van der Waals surface area (Å²) in [6, 6.07) is 9.97. The van der Waals surface area contributed by atoms with Crippen LogP contribution in [-0.4, -0.2) is 40.2 Å². The number of H-pyrrole nitrogens is 1. The second kappa shape index (κ2) is 9.62. The standard InChI is InChI=1S/C22H26N4O2S/c1-15-9-16(2)19-11-18(21(27)25-20(19)10-15)14-26(22(29)24-7-8-28-3)13-17-5-4-6-23-12-17/h4-6,9-12H,7-8,13-14H2,1-3H3,(H,24,29)(H,25,27). The van der Waals surface area contributed by atoms with Crippen molar-refractivity contribution in [3.05, 3.63) is 75.3 Å². The predicted octanol–water partition coefficient (Wildman–Crippen LogP) is 3.06. The molecule has 2 aromatic heterocycles. The van der Waals surface area contributed by atoms with Gasteiger partial charge in [0.05, 0.1) is 13.2 Å². The first-order valence-electron chi connectivity index (χ1n) is 9.51. The Morgan fingerprint density at radius 2 is 2.10 bits per heavy atom. The molecule has 3 rings (SSSR count). The van der Waals surface area contributed by atoms with E-state index in [0.717, 1.165) is 27.6 Å². The van der Waals surface area contributed by atoms with E-state index >= 15 is 0 Å². The van der Waals surface area contributed by atoms with Gasteiger partial charge in [0, 0.05) is 49.1 Å². The summed E-state index contributed by atoms with van der Waals surface area (Å²) in [5.41, 5.74) is 4.71. The number of aromatic nitrogens is 2. The average molecular weight is 411 g/mol. The molecule has 0 spiro atoms. The Balaban J connectivity index is 1.90. The van der Waals surface area contributed by atoms with Gasteiger partial charge in [-0.1, -0.05) is 12.1 Å². The van der Waals surface area contributed by atoms with Crippen molar-refractivity contribution >= 4 is 28.2 Å². The van der Waals surface area contributed by atoms with Gasteiger partial charge in [0.15, 0.2) is 5.11 Å². The average Bonchev–Trinajstić information content (AvgIpc) is 2.69. The van der Waals surface area contributed by atoms with Crippen LogP contribution in [0.2, 0.25) is 0 Å². The monoisotopic (exact) mass is 410 g/mol. The molecule has 6 nitrogen and oxygen atoms in total. The molecule has 0 aliphatic heterocycles. The van der Waals surface area contributed by atoms with Crippen LogP contribution in [0.5, 0.6) is 0 Å². The lowest BCUT2D eigenvalue weighted by atomic mass is 10.0. The van der Waals surface area contributed by atoms with E-state index in [0.29, 0.717) is 36.9 Å². The van der Waals surface area contributed by atoms with Crippen molar-refractivity contribution in [1.82, 2.24) is 20.2 Å². The molecule has 0 amide bonds. The number of hydrogen-bond donors (Lipinski definition) is 2. The molecule has 0 radical (unpaired) electrons. The van der Waals surface area contributed by atoms with Crippen molar-refractivity contribution < 1.29 is 4.74 Å². The zero-order valence-electron chi connectivity index (χ0n) is 17.0. The lowest BCUT2D eigenvalue weighted by molar-refractivity contribution is 0.202. The maximum Gasteiger partial charge on any atom is 0.253 e. The van der Waals surface area contributed by atoms with E-state index in [9.17, 15) is 4.79 Å². The summed E-state index contributed by atoms with van der Waals surface area (Å²) < 4.78 is 5.09. The molecule has 1 aromatic carbocycles. The molecule has 0 saturated carbocycles. The topological polar surface area (TPSA) is 70.2 Å². The maximum absolute atomic E-state index is 12.7. The van der Waals surface area contributed by atoms with E-state index in [4.69, 9.17) is 17.0 Å². The smallest absolute Gasteiger partial charge is 0.253 e. The Bertz CT molecular complexity index is 1050. The molecule has 0 aliphatic rings. The Labute approximate surface area is 175 Å². The second-order valence-corrected chi connectivity index (χ2v) is 7.50. The first kappa shape index (κ1) is 21.0. The van der Waals surface area contributed by atoms with E-state index in [1.807, 2.05) is 42.3 Å². The van der Waals surface area contributed by atoms with Gasteiger partial charge in [-0.2, -0.15) is 0 Å². The molecule has 0 bridgehead atoms. The van der Waals surface area contributed by atoms with Gasteiger partial charge < -0.3 is 19.9 Å². The second-order valence-electron chi connectivity index (χ2n) is 7.11. The van der Waals surface area contributed by atoms with Crippen LogP contribution in [0, 0.1) is 13.8 Å². The van der Waals surface area contributed by atoms with Crippen molar-refractivity contribution in [3.8, 4) is 0 Å². The number of methoxy groups -OCH3 is 1. The molecule has 29 heavy (non-hydrogen) atoms. The Hall–Kier alpha value is -2.77. The van der Waals surface area contributed by atoms with E-state index in [1.165, 1.54) is 0 Å². The third kappa shape index (κ3) is 5.40. The van der Waals surface area contributed by atoms with Crippen LogP contribution < -0.4 is 10.9 Å². The highest BCUT2D eigenvalue weighted by Gasteiger charge is 2.14. The van der Waals surface area contributed by atoms with Crippen LogP contribution in [0.4, 0.5) is 0 Å². The lowest BCUT2D eigenvalue weighted by Crippen LogP contribution is -2.41. The Kier molecular flexibility index (Phi) is 6.95. The summed E-state index contributed by atoms with van der Waals surface area (Å²) in [7, 11) is 1.65. The lowest BCUT2D eigenvalue weighted by Gasteiger charge is -2.26. The number of thiocarbonyl (C=S) groups is 1. The Morgan fingerprint density at radius 1 is 1.28 bits per heavy atom. The first-order chi connectivity index (χ1) is 14.0. The van der Waals surface area contributed by atoms with Gasteiger partial charge in [0.1, 0.15) is 0 Å². The van der Waals surface area contributed by atoms with Crippen LogP contribution in [0.15, 0.2) is 47.5 Å². The fourth-order valence-corrected chi connectivity index (χ4v) is 3.55. The largest absolute Gasteiger partial charge is 0.383 e. The van der Waals surface area contributed by atoms with E-state index in [-0.39, 0.29) is 5.56 Å². The zero-order chi connectivity index (χ0) is 20.8. The zero-order valence-corrected chi connectivity index (χ0v) is 17.8. The van der Waals surface area contributed by atoms with Crippen molar-refractivity contribution in [2.75, 3.05) is 20.3 Å². The third-order valence-corrected chi connectivity index (χ3v) is 5.12. The highest BCUT2D eigenvalue weighted by atomic mass is 32.1. The molecular weight excluding hydrogens is 384 g/mol. The van der Waals surface area contributed by atoms with Gasteiger partial charge in [-0.25, -0.2) is 0 Å². The summed E-state index contributed by atoms with van der Waals surface area (Å²) in [6.07, 6.45) is 3.55. The summed E-state index contributed by atoms with van der Waals surface area (Å²) >= 11 is 5.60. The number of rotatable bonds is 7. The number of aryl methyl sites for hydroxylation is 2. The number of hydrogen-bond acceptors (Lipinski definition) is 4. The first-order valence-corrected chi connectivity index (χ1v) is 9.92. The third-order valence-electron chi connectivity index (χ3n) is 4.72. The fraction of sp³-hybridized carbons (Fsp3) is 0.318. The predicted molar refractivity (Wildman–Crippen MR) is 120 cm³/mol. The van der Waals surface area contributed by atoms with Gasteiger partial charge >= 0.3 is 0 Å². The van der Waals surface area contributed by atoms with Crippen LogP contribution >= 0.6 is 12.2 Å². The molecule has 2 N–H and O–H groups in total. The summed E-state index contributed by atoms with van der Waals surface area (Å²) in [5, 5.41) is 4.82. The van der Waals surface area contributed by atoms with Crippen molar-refractivity contribution in [3.63, 3.8) is 0 Å². The summed E-state index contributed by atoms with van der Waals surface area (Å²) in [5.74, 6) is 0. The molecule has 0 saturated heterocycles. The molecule has 0 unspecified atom stereocenters. The van der Waals surface area contributed by atoms with Crippen LogP contribution in [-0.2, 0) is 17.8 Å². The molecule has 0 atom stereocenters. The molecule has 0 aliphatic carbocycles. The minimum Gasteiger partial charge on any atom is -0.383 e. The van der Waals surface area contributed by atoms with Gasteiger partial charge in [-0.15, -0.1) is 0 Å². The number of pyridine rings is 2. The maximum atomic E-state index is 12.7. The Morgan fingerprint density at radius 3 is 2.83 bits per heavy atom. The molecule has 3 aromatic rings.